The van der Waals surface area contributed by atoms with Gasteiger partial charge in [-0.25, -0.2) is 8.78 Å². The first kappa shape index (κ1) is 25.8. The highest BCUT2D eigenvalue weighted by Crippen LogP contribution is 2.38. The van der Waals surface area contributed by atoms with Crippen molar-refractivity contribution < 1.29 is 18.4 Å². The number of aromatic nitrogens is 3. The molecule has 3 aromatic rings. The Morgan fingerprint density at radius 3 is 2.56 bits per heavy atom. The molecule has 2 amide bonds. The SMILES string of the molecule is CCn1nccc1C(=O)N[C@H](C(=O)Nc1ccc(-c2cc(Cl)cnc2C)cc1)C1CCC(F)(F)CC1. The molecule has 10 heteroatoms. The second kappa shape index (κ2) is 10.7. The number of amides is 2. The molecule has 1 fully saturated rings. The van der Waals surface area contributed by atoms with E-state index in [9.17, 15) is 18.4 Å². The second-order valence-electron chi connectivity index (χ2n) is 9.03. The normalized spacial score (nSPS) is 16.4. The topological polar surface area (TPSA) is 88.9 Å². The number of benzene rings is 1. The smallest absolute Gasteiger partial charge is 0.270 e. The number of carbonyl (C=O) groups is 2. The lowest BCUT2D eigenvalue weighted by Gasteiger charge is -2.33. The average Bonchev–Trinajstić information content (AvgIpc) is 3.34. The van der Waals surface area contributed by atoms with Crippen molar-refractivity contribution in [2.45, 2.75) is 58.0 Å². The molecular formula is C26H28ClF2N5O2. The number of nitrogens with zero attached hydrogens (tertiary/aromatic N) is 3. The van der Waals surface area contributed by atoms with Gasteiger partial charge in [-0.15, -0.1) is 0 Å². The van der Waals surface area contributed by atoms with E-state index in [1.807, 2.05) is 32.0 Å². The first-order valence-corrected chi connectivity index (χ1v) is 12.3. The predicted molar refractivity (Wildman–Crippen MR) is 134 cm³/mol. The van der Waals surface area contributed by atoms with Gasteiger partial charge < -0.3 is 10.6 Å². The van der Waals surface area contributed by atoms with Crippen LogP contribution in [0.3, 0.4) is 0 Å². The summed E-state index contributed by atoms with van der Waals surface area (Å²) >= 11 is 6.08. The van der Waals surface area contributed by atoms with Gasteiger partial charge in [-0.2, -0.15) is 5.10 Å². The number of hydrogen-bond donors (Lipinski definition) is 2. The molecule has 1 aliphatic carbocycles. The van der Waals surface area contributed by atoms with E-state index in [2.05, 4.69) is 20.7 Å². The van der Waals surface area contributed by atoms with Crippen LogP contribution in [-0.2, 0) is 11.3 Å². The maximum Gasteiger partial charge on any atom is 0.270 e. The fourth-order valence-corrected chi connectivity index (χ4v) is 4.70. The Morgan fingerprint density at radius 1 is 1.19 bits per heavy atom. The lowest BCUT2D eigenvalue weighted by atomic mass is 9.81. The lowest BCUT2D eigenvalue weighted by Crippen LogP contribution is -2.50. The Kier molecular flexibility index (Phi) is 7.68. The summed E-state index contributed by atoms with van der Waals surface area (Å²) < 4.78 is 29.1. The van der Waals surface area contributed by atoms with Crippen LogP contribution in [0, 0.1) is 12.8 Å². The minimum atomic E-state index is -2.74. The molecule has 36 heavy (non-hydrogen) atoms. The first-order valence-electron chi connectivity index (χ1n) is 11.9. The summed E-state index contributed by atoms with van der Waals surface area (Å²) in [5, 5.41) is 10.2. The van der Waals surface area contributed by atoms with Crippen LogP contribution in [0.1, 0.15) is 48.8 Å². The zero-order chi connectivity index (χ0) is 25.9. The summed E-state index contributed by atoms with van der Waals surface area (Å²) in [5.74, 6) is -4.07. The van der Waals surface area contributed by atoms with Gasteiger partial charge >= 0.3 is 0 Å². The third kappa shape index (κ3) is 5.90. The third-order valence-electron chi connectivity index (χ3n) is 6.57. The number of nitrogens with one attached hydrogen (secondary N) is 2. The van der Waals surface area contributed by atoms with Crippen LogP contribution in [0.4, 0.5) is 14.5 Å². The van der Waals surface area contributed by atoms with E-state index in [4.69, 9.17) is 11.6 Å². The Hall–Kier alpha value is -3.33. The highest BCUT2D eigenvalue weighted by molar-refractivity contribution is 6.30. The van der Waals surface area contributed by atoms with Crippen LogP contribution in [0.5, 0.6) is 0 Å². The monoisotopic (exact) mass is 515 g/mol. The number of pyridine rings is 1. The number of halogens is 3. The molecule has 1 aliphatic rings. The van der Waals surface area contributed by atoms with Gasteiger partial charge in [0.15, 0.2) is 0 Å². The maximum absolute atomic E-state index is 13.8. The number of carbonyl (C=O) groups excluding carboxylic acids is 2. The standard InChI is InChI=1S/C26H28ClF2N5O2/c1-3-34-22(10-13-31-34)24(35)33-23(18-8-11-26(28,29)12-9-18)25(36)32-20-6-4-17(5-7-20)21-14-19(27)15-30-16(21)2/h4-7,10,13-15,18,23H,3,8-9,11-12H2,1-2H3,(H,32,36)(H,33,35)/t23-/m0/s1. The molecule has 0 aliphatic heterocycles. The molecule has 0 bridgehead atoms. The highest BCUT2D eigenvalue weighted by atomic mass is 35.5. The van der Waals surface area contributed by atoms with E-state index in [1.54, 1.807) is 24.4 Å². The molecule has 4 rings (SSSR count). The Labute approximate surface area is 213 Å². The number of anilines is 1. The summed E-state index contributed by atoms with van der Waals surface area (Å²) in [4.78, 5) is 30.6. The largest absolute Gasteiger partial charge is 0.339 e. The Morgan fingerprint density at radius 2 is 1.89 bits per heavy atom. The lowest BCUT2D eigenvalue weighted by molar-refractivity contribution is -0.121. The highest BCUT2D eigenvalue weighted by Gasteiger charge is 2.40. The van der Waals surface area contributed by atoms with Gasteiger partial charge in [-0.05, 0) is 62.4 Å². The van der Waals surface area contributed by atoms with E-state index in [1.165, 1.54) is 10.9 Å². The molecule has 0 unspecified atom stereocenters. The van der Waals surface area contributed by atoms with Crippen molar-refractivity contribution in [1.29, 1.82) is 0 Å². The molecule has 2 aromatic heterocycles. The molecule has 0 saturated heterocycles. The van der Waals surface area contributed by atoms with E-state index in [-0.39, 0.29) is 25.7 Å². The van der Waals surface area contributed by atoms with Crippen molar-refractivity contribution in [1.82, 2.24) is 20.1 Å². The fourth-order valence-electron chi connectivity index (χ4n) is 4.54. The summed E-state index contributed by atoms with van der Waals surface area (Å²) in [5.41, 5.74) is 3.41. The van der Waals surface area contributed by atoms with Crippen LogP contribution in [-0.4, -0.2) is 38.5 Å². The molecule has 1 atom stereocenters. The van der Waals surface area contributed by atoms with Crippen LogP contribution in [0.25, 0.3) is 11.1 Å². The van der Waals surface area contributed by atoms with Crippen LogP contribution >= 0.6 is 11.6 Å². The Bertz CT molecular complexity index is 1240. The van der Waals surface area contributed by atoms with Crippen molar-refractivity contribution in [3.8, 4) is 11.1 Å². The van der Waals surface area contributed by atoms with Crippen LogP contribution < -0.4 is 10.6 Å². The molecule has 2 N–H and O–H groups in total. The molecular weight excluding hydrogens is 488 g/mol. The molecule has 2 heterocycles. The van der Waals surface area contributed by atoms with Gasteiger partial charge in [0.25, 0.3) is 5.91 Å². The molecule has 7 nitrogen and oxygen atoms in total. The van der Waals surface area contributed by atoms with Crippen molar-refractivity contribution in [2.75, 3.05) is 5.32 Å². The number of hydrogen-bond acceptors (Lipinski definition) is 4. The van der Waals surface area contributed by atoms with E-state index in [0.717, 1.165) is 16.8 Å². The van der Waals surface area contributed by atoms with Gasteiger partial charge in [0.2, 0.25) is 11.8 Å². The van der Waals surface area contributed by atoms with Crippen molar-refractivity contribution in [2.24, 2.45) is 5.92 Å². The fraction of sp³-hybridized carbons (Fsp3) is 0.385. The molecule has 0 spiro atoms. The van der Waals surface area contributed by atoms with E-state index >= 15 is 0 Å². The number of rotatable bonds is 7. The van der Waals surface area contributed by atoms with Gasteiger partial charge in [-0.1, -0.05) is 23.7 Å². The molecule has 1 saturated carbocycles. The second-order valence-corrected chi connectivity index (χ2v) is 9.47. The first-order chi connectivity index (χ1) is 17.2. The van der Waals surface area contributed by atoms with Crippen molar-refractivity contribution in [3.05, 3.63) is 65.2 Å². The summed E-state index contributed by atoms with van der Waals surface area (Å²) in [6.45, 7) is 4.21. The molecule has 1 aromatic carbocycles. The summed E-state index contributed by atoms with van der Waals surface area (Å²) in [6, 6.07) is 9.58. The molecule has 0 radical (unpaired) electrons. The van der Waals surface area contributed by atoms with Crippen molar-refractivity contribution in [3.63, 3.8) is 0 Å². The molecule has 190 valence electrons. The van der Waals surface area contributed by atoms with Crippen LogP contribution in [0.15, 0.2) is 48.8 Å². The zero-order valence-corrected chi connectivity index (χ0v) is 20.9. The summed E-state index contributed by atoms with van der Waals surface area (Å²) in [7, 11) is 0. The minimum absolute atomic E-state index is 0.137. The Balaban J connectivity index is 1.52. The number of aryl methyl sites for hydroxylation is 2. The van der Waals surface area contributed by atoms with Gasteiger partial charge in [0.05, 0.1) is 5.02 Å². The average molecular weight is 516 g/mol. The maximum atomic E-state index is 13.8. The van der Waals surface area contributed by atoms with Gasteiger partial charge in [0, 0.05) is 48.7 Å². The third-order valence-corrected chi connectivity index (χ3v) is 6.77. The predicted octanol–water partition coefficient (Wildman–Crippen LogP) is 5.49. The van der Waals surface area contributed by atoms with E-state index < -0.39 is 29.7 Å². The van der Waals surface area contributed by atoms with Gasteiger partial charge in [0.1, 0.15) is 11.7 Å². The minimum Gasteiger partial charge on any atom is -0.339 e. The summed E-state index contributed by atoms with van der Waals surface area (Å²) in [6.07, 6.45) is 2.74. The number of alkyl halides is 2. The van der Waals surface area contributed by atoms with Crippen LogP contribution in [0.2, 0.25) is 5.02 Å². The van der Waals surface area contributed by atoms with Crippen molar-refractivity contribution >= 4 is 29.1 Å². The zero-order valence-electron chi connectivity index (χ0n) is 20.1. The van der Waals surface area contributed by atoms with E-state index in [0.29, 0.717) is 22.9 Å². The quantitative estimate of drug-likeness (QED) is 0.435. The van der Waals surface area contributed by atoms with Gasteiger partial charge in [-0.3, -0.25) is 19.3 Å².